The first-order valence-electron chi connectivity index (χ1n) is 13.1. The van der Waals surface area contributed by atoms with Crippen LogP contribution in [0.2, 0.25) is 12.1 Å². The van der Waals surface area contributed by atoms with Crippen molar-refractivity contribution in [3.05, 3.63) is 59.7 Å². The van der Waals surface area contributed by atoms with Gasteiger partial charge in [0.15, 0.2) is 0 Å². The van der Waals surface area contributed by atoms with Gasteiger partial charge >= 0.3 is 17.6 Å². The summed E-state index contributed by atoms with van der Waals surface area (Å²) in [5, 5.41) is 5.61. The summed E-state index contributed by atoms with van der Waals surface area (Å²) in [4.78, 5) is 24.6. The number of hydrogen-bond acceptors (Lipinski definition) is 10. The molecule has 0 atom stereocenters. The molecule has 0 unspecified atom stereocenters. The quantitative estimate of drug-likeness (QED) is 0.141. The third kappa shape index (κ3) is 12.2. The Kier molecular flexibility index (Phi) is 16.2. The van der Waals surface area contributed by atoms with E-state index in [9.17, 15) is 9.59 Å². The number of benzene rings is 2. The van der Waals surface area contributed by atoms with Crippen molar-refractivity contribution in [3.63, 3.8) is 0 Å². The van der Waals surface area contributed by atoms with Gasteiger partial charge in [0.2, 0.25) is 0 Å². The maximum absolute atomic E-state index is 12.3. The molecule has 0 aromatic heterocycles. The molecular formula is C27H42N2O8S2Si2. The number of amides is 2. The second-order valence-electron chi connectivity index (χ2n) is 8.89. The topological polar surface area (TPSA) is 114 Å². The number of nitrogens with one attached hydrogen (secondary N) is 2. The zero-order valence-electron chi connectivity index (χ0n) is 24.7. The Morgan fingerprint density at radius 1 is 0.585 bits per heavy atom. The highest BCUT2D eigenvalue weighted by atomic mass is 32.2. The van der Waals surface area contributed by atoms with Crippen LogP contribution in [0.15, 0.2) is 48.5 Å². The van der Waals surface area contributed by atoms with Crippen LogP contribution in [0.1, 0.15) is 24.0 Å². The highest BCUT2D eigenvalue weighted by molar-refractivity contribution is 8.14. The minimum Gasteiger partial charge on any atom is -0.377 e. The molecule has 0 saturated carbocycles. The normalized spacial score (nSPS) is 11.9. The van der Waals surface area contributed by atoms with Crippen LogP contribution in [-0.4, -0.2) is 82.3 Å². The number of carbonyl (C=O) groups excluding carboxylic acids is 2. The molecule has 0 bridgehead atoms. The van der Waals surface area contributed by atoms with Gasteiger partial charge in [0.25, 0.3) is 10.5 Å². The first-order chi connectivity index (χ1) is 19.8. The lowest BCUT2D eigenvalue weighted by molar-refractivity contribution is 0.123. The van der Waals surface area contributed by atoms with E-state index >= 15 is 0 Å². The molecule has 2 aromatic rings. The summed E-state index contributed by atoms with van der Waals surface area (Å²) < 4.78 is 32.4. The Hall–Kier alpha value is -1.73. The third-order valence-electron chi connectivity index (χ3n) is 6.40. The second kappa shape index (κ2) is 18.7. The molecule has 2 aromatic carbocycles. The molecule has 0 saturated heterocycles. The molecule has 0 fully saturated rings. The first-order valence-corrected chi connectivity index (χ1v) is 19.0. The van der Waals surface area contributed by atoms with E-state index in [4.69, 9.17) is 26.6 Å². The summed E-state index contributed by atoms with van der Waals surface area (Å²) >= 11 is 2.45. The van der Waals surface area contributed by atoms with E-state index < -0.39 is 17.6 Å². The Balaban J connectivity index is 1.72. The van der Waals surface area contributed by atoms with E-state index in [0.29, 0.717) is 23.6 Å². The van der Waals surface area contributed by atoms with Crippen molar-refractivity contribution in [3.8, 4) is 0 Å². The van der Waals surface area contributed by atoms with E-state index in [1.165, 1.54) is 23.5 Å². The van der Waals surface area contributed by atoms with Crippen molar-refractivity contribution >= 4 is 63.0 Å². The number of anilines is 2. The SMILES string of the molecule is CO[Si](CCCSC(=O)Nc1ccc(Cc2ccc(NC(=O)SCCC[Si](OC)(OC)OC)cc2)cc1)(OC)OC. The molecule has 0 radical (unpaired) electrons. The van der Waals surface area contributed by atoms with Crippen LogP contribution in [0, 0.1) is 0 Å². The first kappa shape index (κ1) is 35.5. The molecule has 0 aliphatic heterocycles. The number of rotatable bonds is 18. The molecule has 10 nitrogen and oxygen atoms in total. The van der Waals surface area contributed by atoms with E-state index in [1.54, 1.807) is 42.7 Å². The van der Waals surface area contributed by atoms with Crippen LogP contribution in [0.4, 0.5) is 21.0 Å². The Bertz CT molecular complexity index is 956. The average molecular weight is 643 g/mol. The standard InChI is InChI=1S/C27H42N2O8S2Si2/c1-32-40(33-2,34-3)19-7-17-38-26(30)28-24-13-9-22(10-14-24)21-23-11-15-25(16-12-23)29-27(31)39-18-8-20-41(35-4,36-5)37-6/h9-16H,7-8,17-21H2,1-6H3,(H,28,30)(H,29,31). The van der Waals surface area contributed by atoms with Crippen molar-refractivity contribution in [1.82, 2.24) is 0 Å². The summed E-state index contributed by atoms with van der Waals surface area (Å²) in [5.74, 6) is 1.28. The van der Waals surface area contributed by atoms with Gasteiger partial charge in [0, 0.05) is 77.6 Å². The lowest BCUT2D eigenvalue weighted by atomic mass is 10.0. The van der Waals surface area contributed by atoms with Crippen LogP contribution < -0.4 is 10.6 Å². The van der Waals surface area contributed by atoms with Gasteiger partial charge in [-0.15, -0.1) is 0 Å². The van der Waals surface area contributed by atoms with Gasteiger partial charge in [-0.25, -0.2) is 0 Å². The minimum absolute atomic E-state index is 0.108. The molecule has 228 valence electrons. The maximum Gasteiger partial charge on any atom is 0.500 e. The van der Waals surface area contributed by atoms with Crippen molar-refractivity contribution in [1.29, 1.82) is 0 Å². The fourth-order valence-electron chi connectivity index (χ4n) is 3.97. The van der Waals surface area contributed by atoms with Crippen LogP contribution in [0.25, 0.3) is 0 Å². The van der Waals surface area contributed by atoms with Gasteiger partial charge in [-0.3, -0.25) is 9.59 Å². The molecular weight excluding hydrogens is 601 g/mol. The fourth-order valence-corrected chi connectivity index (χ4v) is 9.26. The van der Waals surface area contributed by atoms with Gasteiger partial charge in [-0.2, -0.15) is 0 Å². The summed E-state index contributed by atoms with van der Waals surface area (Å²) in [6.07, 6.45) is 2.24. The number of thioether (sulfide) groups is 2. The molecule has 0 aliphatic rings. The molecule has 0 heterocycles. The van der Waals surface area contributed by atoms with Crippen LogP contribution in [0.3, 0.4) is 0 Å². The molecule has 41 heavy (non-hydrogen) atoms. The van der Waals surface area contributed by atoms with Crippen molar-refractivity contribution < 1.29 is 36.1 Å². The van der Waals surface area contributed by atoms with Gasteiger partial charge in [0.05, 0.1) is 0 Å². The second-order valence-corrected chi connectivity index (χ2v) is 17.2. The Morgan fingerprint density at radius 2 is 0.902 bits per heavy atom. The van der Waals surface area contributed by atoms with Crippen molar-refractivity contribution in [2.45, 2.75) is 31.4 Å². The maximum atomic E-state index is 12.3. The molecule has 2 rings (SSSR count). The zero-order chi connectivity index (χ0) is 30.1. The van der Waals surface area contributed by atoms with Crippen molar-refractivity contribution in [2.75, 3.05) is 64.8 Å². The Morgan fingerprint density at radius 3 is 1.20 bits per heavy atom. The summed E-state index contributed by atoms with van der Waals surface area (Å²) in [5.41, 5.74) is 3.73. The van der Waals surface area contributed by atoms with Crippen molar-refractivity contribution in [2.24, 2.45) is 0 Å². The van der Waals surface area contributed by atoms with Gasteiger partial charge in [-0.05, 0) is 54.7 Å². The van der Waals surface area contributed by atoms with E-state index in [2.05, 4.69) is 10.6 Å². The van der Waals surface area contributed by atoms with Gasteiger partial charge < -0.3 is 37.2 Å². The predicted molar refractivity (Wildman–Crippen MR) is 171 cm³/mol. The molecule has 2 N–H and O–H groups in total. The molecule has 2 amide bonds. The smallest absolute Gasteiger partial charge is 0.377 e. The van der Waals surface area contributed by atoms with E-state index in [1.807, 2.05) is 48.5 Å². The van der Waals surface area contributed by atoms with Gasteiger partial charge in [-0.1, -0.05) is 47.8 Å². The summed E-state index contributed by atoms with van der Waals surface area (Å²) in [6, 6.07) is 16.9. The summed E-state index contributed by atoms with van der Waals surface area (Å²) in [6.45, 7) is 0. The average Bonchev–Trinajstić information content (AvgIpc) is 3.00. The largest absolute Gasteiger partial charge is 0.500 e. The minimum atomic E-state index is -2.60. The molecule has 14 heteroatoms. The van der Waals surface area contributed by atoms with Crippen LogP contribution in [0.5, 0.6) is 0 Å². The molecule has 0 spiro atoms. The predicted octanol–water partition coefficient (Wildman–Crippen LogP) is 6.34. The monoisotopic (exact) mass is 642 g/mol. The highest BCUT2D eigenvalue weighted by Gasteiger charge is 2.37. The van der Waals surface area contributed by atoms with Crippen LogP contribution >= 0.6 is 23.5 Å². The van der Waals surface area contributed by atoms with Crippen LogP contribution in [-0.2, 0) is 33.0 Å². The van der Waals surface area contributed by atoms with E-state index in [-0.39, 0.29) is 10.5 Å². The zero-order valence-corrected chi connectivity index (χ0v) is 28.3. The lowest BCUT2D eigenvalue weighted by Crippen LogP contribution is -2.42. The Labute approximate surface area is 254 Å². The number of hydrogen-bond donors (Lipinski definition) is 2. The van der Waals surface area contributed by atoms with E-state index in [0.717, 1.165) is 41.8 Å². The van der Waals surface area contributed by atoms with Gasteiger partial charge in [0.1, 0.15) is 0 Å². The fraction of sp³-hybridized carbons (Fsp3) is 0.481. The summed E-state index contributed by atoms with van der Waals surface area (Å²) in [7, 11) is 4.31. The number of carbonyl (C=O) groups is 2. The molecule has 0 aliphatic carbocycles. The highest BCUT2D eigenvalue weighted by Crippen LogP contribution is 2.22. The third-order valence-corrected chi connectivity index (χ3v) is 13.8. The lowest BCUT2D eigenvalue weighted by Gasteiger charge is -2.24.